The summed E-state index contributed by atoms with van der Waals surface area (Å²) >= 11 is 1.68. The maximum Gasteiger partial charge on any atom is 0.142 e. The predicted molar refractivity (Wildman–Crippen MR) is 101 cm³/mol. The molecule has 124 valence electrons. The van der Waals surface area contributed by atoms with Crippen molar-refractivity contribution in [2.45, 2.75) is 18.9 Å². The molecule has 1 aliphatic rings. The summed E-state index contributed by atoms with van der Waals surface area (Å²) in [6, 6.07) is 10.7. The second kappa shape index (κ2) is 5.97. The third-order valence-electron chi connectivity index (χ3n) is 4.79. The van der Waals surface area contributed by atoms with Gasteiger partial charge in [0.1, 0.15) is 22.8 Å². The van der Waals surface area contributed by atoms with Crippen LogP contribution in [0.4, 0.5) is 5.82 Å². The molecule has 5 rings (SSSR count). The van der Waals surface area contributed by atoms with E-state index in [2.05, 4.69) is 54.5 Å². The molecule has 0 bridgehead atoms. The number of aromatic amines is 1. The number of H-pyrrole nitrogens is 1. The molecule has 6 heteroatoms. The number of fused-ring (bicyclic) bond motifs is 1. The third kappa shape index (κ3) is 2.41. The predicted octanol–water partition coefficient (Wildman–Crippen LogP) is 4.42. The first-order valence-corrected chi connectivity index (χ1v) is 9.33. The Kier molecular flexibility index (Phi) is 3.48. The highest BCUT2D eigenvalue weighted by Gasteiger charge is 2.31. The van der Waals surface area contributed by atoms with Crippen LogP contribution in [-0.2, 0) is 0 Å². The molecule has 0 radical (unpaired) electrons. The number of thiophene rings is 1. The van der Waals surface area contributed by atoms with Gasteiger partial charge < -0.3 is 9.88 Å². The first-order chi connectivity index (χ1) is 12.4. The highest BCUT2D eigenvalue weighted by atomic mass is 32.1. The molecule has 0 aliphatic carbocycles. The minimum atomic E-state index is 0.247. The van der Waals surface area contributed by atoms with Crippen molar-refractivity contribution >= 4 is 27.4 Å². The third-order valence-corrected chi connectivity index (χ3v) is 5.68. The highest BCUT2D eigenvalue weighted by Crippen LogP contribution is 2.42. The van der Waals surface area contributed by atoms with Gasteiger partial charge in [-0.1, -0.05) is 30.3 Å². The molecule has 1 N–H and O–H groups in total. The summed E-state index contributed by atoms with van der Waals surface area (Å²) in [5, 5.41) is 3.34. The number of aromatic nitrogens is 4. The van der Waals surface area contributed by atoms with Gasteiger partial charge in [0.25, 0.3) is 0 Å². The van der Waals surface area contributed by atoms with Crippen LogP contribution in [-0.4, -0.2) is 26.5 Å². The summed E-state index contributed by atoms with van der Waals surface area (Å²) in [5.41, 5.74) is 2.42. The minimum absolute atomic E-state index is 0.247. The quantitative estimate of drug-likeness (QED) is 0.596. The van der Waals surface area contributed by atoms with Crippen LogP contribution < -0.4 is 4.90 Å². The van der Waals surface area contributed by atoms with Crippen LogP contribution >= 0.6 is 11.3 Å². The SMILES string of the molecule is c1ccc(-c2csc3ncnc(N4CCC[C@@H]4c4ncc[nH]4)c23)cc1. The summed E-state index contributed by atoms with van der Waals surface area (Å²) < 4.78 is 0. The molecule has 1 atom stereocenters. The number of hydrogen-bond donors (Lipinski definition) is 1. The van der Waals surface area contributed by atoms with E-state index in [1.165, 1.54) is 11.1 Å². The standard InChI is InChI=1S/C19H17N5S/c1-2-5-13(6-3-1)14-11-25-19-16(14)18(22-12-23-19)24-10-4-7-15(24)17-20-8-9-21-17/h1-3,5-6,8-9,11-12,15H,4,7,10H2,(H,20,21)/t15-/m1/s1. The summed E-state index contributed by atoms with van der Waals surface area (Å²) in [5.74, 6) is 2.03. The molecular weight excluding hydrogens is 330 g/mol. The van der Waals surface area contributed by atoms with Gasteiger partial charge in [0.15, 0.2) is 0 Å². The topological polar surface area (TPSA) is 57.7 Å². The van der Waals surface area contributed by atoms with E-state index in [1.54, 1.807) is 17.7 Å². The molecule has 4 aromatic rings. The number of rotatable bonds is 3. The second-order valence-electron chi connectivity index (χ2n) is 6.22. The fourth-order valence-electron chi connectivity index (χ4n) is 3.67. The lowest BCUT2D eigenvalue weighted by atomic mass is 10.1. The molecular formula is C19H17N5S. The van der Waals surface area contributed by atoms with Crippen molar-refractivity contribution in [3.05, 3.63) is 60.3 Å². The zero-order valence-electron chi connectivity index (χ0n) is 13.6. The average Bonchev–Trinajstić information content (AvgIpc) is 3.40. The number of anilines is 1. The van der Waals surface area contributed by atoms with E-state index in [0.717, 1.165) is 41.2 Å². The lowest BCUT2D eigenvalue weighted by molar-refractivity contribution is 0.671. The first-order valence-electron chi connectivity index (χ1n) is 8.45. The minimum Gasteiger partial charge on any atom is -0.347 e. The highest BCUT2D eigenvalue weighted by molar-refractivity contribution is 7.17. The van der Waals surface area contributed by atoms with Crippen LogP contribution in [0, 0.1) is 0 Å². The van der Waals surface area contributed by atoms with Gasteiger partial charge >= 0.3 is 0 Å². The Labute approximate surface area is 149 Å². The van der Waals surface area contributed by atoms with E-state index in [4.69, 9.17) is 0 Å². The zero-order valence-corrected chi connectivity index (χ0v) is 14.4. The molecule has 0 amide bonds. The van der Waals surface area contributed by atoms with E-state index >= 15 is 0 Å². The number of nitrogens with zero attached hydrogens (tertiary/aromatic N) is 4. The van der Waals surface area contributed by atoms with E-state index in [0.29, 0.717) is 0 Å². The summed E-state index contributed by atoms with van der Waals surface area (Å²) in [6.45, 7) is 0.988. The molecule has 4 heterocycles. The molecule has 5 nitrogen and oxygen atoms in total. The lowest BCUT2D eigenvalue weighted by Crippen LogP contribution is -2.24. The van der Waals surface area contributed by atoms with Crippen molar-refractivity contribution in [3.63, 3.8) is 0 Å². The summed E-state index contributed by atoms with van der Waals surface area (Å²) in [7, 11) is 0. The van der Waals surface area contributed by atoms with Crippen LogP contribution in [0.2, 0.25) is 0 Å². The Bertz CT molecular complexity index is 993. The van der Waals surface area contributed by atoms with Crippen molar-refractivity contribution in [3.8, 4) is 11.1 Å². The fraction of sp³-hybridized carbons (Fsp3) is 0.211. The Morgan fingerprint density at radius 3 is 2.88 bits per heavy atom. The average molecular weight is 347 g/mol. The Balaban J connectivity index is 1.68. The van der Waals surface area contributed by atoms with Crippen molar-refractivity contribution in [1.82, 2.24) is 19.9 Å². The van der Waals surface area contributed by atoms with Gasteiger partial charge in [-0.15, -0.1) is 11.3 Å². The summed E-state index contributed by atoms with van der Waals surface area (Å²) in [4.78, 5) is 20.4. The smallest absolute Gasteiger partial charge is 0.142 e. The molecule has 3 aromatic heterocycles. The first kappa shape index (κ1) is 14.6. The van der Waals surface area contributed by atoms with Gasteiger partial charge in [-0.25, -0.2) is 15.0 Å². The molecule has 1 aliphatic heterocycles. The van der Waals surface area contributed by atoms with Crippen LogP contribution in [0.5, 0.6) is 0 Å². The molecule has 0 unspecified atom stereocenters. The van der Waals surface area contributed by atoms with Crippen LogP contribution in [0.3, 0.4) is 0 Å². The van der Waals surface area contributed by atoms with Crippen molar-refractivity contribution < 1.29 is 0 Å². The van der Waals surface area contributed by atoms with Crippen molar-refractivity contribution in [2.24, 2.45) is 0 Å². The van der Waals surface area contributed by atoms with Gasteiger partial charge in [-0.3, -0.25) is 0 Å². The number of hydrogen-bond acceptors (Lipinski definition) is 5. The maximum atomic E-state index is 4.69. The van der Waals surface area contributed by atoms with E-state index in [1.807, 2.05) is 18.5 Å². The largest absolute Gasteiger partial charge is 0.347 e. The van der Waals surface area contributed by atoms with Gasteiger partial charge in [-0.2, -0.15) is 0 Å². The number of benzene rings is 1. The zero-order chi connectivity index (χ0) is 16.6. The van der Waals surface area contributed by atoms with E-state index in [9.17, 15) is 0 Å². The molecule has 0 spiro atoms. The Morgan fingerprint density at radius 1 is 1.12 bits per heavy atom. The monoisotopic (exact) mass is 347 g/mol. The van der Waals surface area contributed by atoms with Crippen molar-refractivity contribution in [2.75, 3.05) is 11.4 Å². The number of imidazole rings is 1. The normalized spacial score (nSPS) is 17.4. The fourth-order valence-corrected chi connectivity index (χ4v) is 4.58. The number of nitrogens with one attached hydrogen (secondary N) is 1. The van der Waals surface area contributed by atoms with Crippen LogP contribution in [0.25, 0.3) is 21.3 Å². The molecule has 0 saturated carbocycles. The summed E-state index contributed by atoms with van der Waals surface area (Å²) in [6.07, 6.45) is 7.62. The molecule has 25 heavy (non-hydrogen) atoms. The lowest BCUT2D eigenvalue weighted by Gasteiger charge is -2.25. The van der Waals surface area contributed by atoms with Gasteiger partial charge in [0.2, 0.25) is 0 Å². The van der Waals surface area contributed by atoms with Gasteiger partial charge in [-0.05, 0) is 18.4 Å². The molecule has 1 fully saturated rings. The van der Waals surface area contributed by atoms with E-state index in [-0.39, 0.29) is 6.04 Å². The van der Waals surface area contributed by atoms with E-state index < -0.39 is 0 Å². The van der Waals surface area contributed by atoms with Crippen molar-refractivity contribution in [1.29, 1.82) is 0 Å². The van der Waals surface area contributed by atoms with Crippen LogP contribution in [0.1, 0.15) is 24.7 Å². The van der Waals surface area contributed by atoms with Crippen LogP contribution in [0.15, 0.2) is 54.4 Å². The molecule has 1 aromatic carbocycles. The second-order valence-corrected chi connectivity index (χ2v) is 7.08. The Morgan fingerprint density at radius 2 is 2.04 bits per heavy atom. The molecule has 1 saturated heterocycles. The Hall–Kier alpha value is -2.73. The maximum absolute atomic E-state index is 4.69. The van der Waals surface area contributed by atoms with Gasteiger partial charge in [0, 0.05) is 29.9 Å². The van der Waals surface area contributed by atoms with Gasteiger partial charge in [0.05, 0.1) is 11.4 Å².